The third kappa shape index (κ3) is 3.70. The Hall–Kier alpha value is -1.65. The van der Waals surface area contributed by atoms with Crippen molar-refractivity contribution >= 4 is 11.0 Å². The van der Waals surface area contributed by atoms with E-state index in [4.69, 9.17) is 4.42 Å². The molecule has 0 aliphatic carbocycles. The summed E-state index contributed by atoms with van der Waals surface area (Å²) in [5, 5.41) is 1.06. The first-order valence-electron chi connectivity index (χ1n) is 8.81. The van der Waals surface area contributed by atoms with Crippen molar-refractivity contribution in [2.24, 2.45) is 5.41 Å². The molecule has 1 aromatic carbocycles. The maximum absolute atomic E-state index is 11.9. The Morgan fingerprint density at radius 3 is 2.79 bits per heavy atom. The molecular formula is C20H28N2O2. The van der Waals surface area contributed by atoms with Gasteiger partial charge in [0.2, 0.25) is 0 Å². The van der Waals surface area contributed by atoms with Crippen LogP contribution in [0.1, 0.15) is 31.4 Å². The average Bonchev–Trinajstić information content (AvgIpc) is 2.85. The number of nitrogens with zero attached hydrogens (tertiary/aromatic N) is 2. The van der Waals surface area contributed by atoms with Crippen LogP contribution >= 0.6 is 0 Å². The number of aryl methyl sites for hydroxylation is 1. The summed E-state index contributed by atoms with van der Waals surface area (Å²) in [6.07, 6.45) is 2.21. The van der Waals surface area contributed by atoms with E-state index >= 15 is 0 Å². The maximum Gasteiger partial charge on any atom is 0.336 e. The molecule has 1 aliphatic rings. The molecule has 4 nitrogen and oxygen atoms in total. The van der Waals surface area contributed by atoms with E-state index in [1.165, 1.54) is 18.5 Å². The summed E-state index contributed by atoms with van der Waals surface area (Å²) in [4.78, 5) is 16.6. The van der Waals surface area contributed by atoms with E-state index in [1.54, 1.807) is 6.07 Å². The monoisotopic (exact) mass is 328 g/mol. The molecule has 2 heterocycles. The van der Waals surface area contributed by atoms with Crippen LogP contribution in [-0.4, -0.2) is 43.5 Å². The van der Waals surface area contributed by atoms with Gasteiger partial charge in [0.15, 0.2) is 0 Å². The Kier molecular flexibility index (Phi) is 4.79. The van der Waals surface area contributed by atoms with E-state index in [0.29, 0.717) is 11.0 Å². The van der Waals surface area contributed by atoms with Crippen molar-refractivity contribution in [2.75, 3.05) is 33.7 Å². The molecule has 1 aromatic heterocycles. The van der Waals surface area contributed by atoms with Gasteiger partial charge in [0.05, 0.1) is 0 Å². The minimum absolute atomic E-state index is 0.262. The number of fused-ring (bicyclic) bond motifs is 1. The lowest BCUT2D eigenvalue weighted by Crippen LogP contribution is -2.35. The summed E-state index contributed by atoms with van der Waals surface area (Å²) in [5.41, 5.74) is 3.09. The highest BCUT2D eigenvalue weighted by Crippen LogP contribution is 2.30. The van der Waals surface area contributed by atoms with Gasteiger partial charge in [-0.05, 0) is 62.2 Å². The Labute approximate surface area is 144 Å². The minimum atomic E-state index is -0.262. The van der Waals surface area contributed by atoms with Crippen LogP contribution in [0.2, 0.25) is 0 Å². The van der Waals surface area contributed by atoms with Crippen LogP contribution in [-0.2, 0) is 13.0 Å². The van der Waals surface area contributed by atoms with Crippen LogP contribution in [0.15, 0.2) is 33.5 Å². The van der Waals surface area contributed by atoms with Crippen molar-refractivity contribution in [3.8, 4) is 0 Å². The predicted octanol–water partition coefficient (Wildman–Crippen LogP) is 3.13. The second-order valence-corrected chi connectivity index (χ2v) is 7.75. The van der Waals surface area contributed by atoms with Crippen molar-refractivity contribution in [3.05, 3.63) is 45.8 Å². The van der Waals surface area contributed by atoms with Crippen LogP contribution in [0, 0.1) is 5.41 Å². The summed E-state index contributed by atoms with van der Waals surface area (Å²) in [6, 6.07) is 7.77. The molecule has 0 amide bonds. The van der Waals surface area contributed by atoms with Gasteiger partial charge in [-0.25, -0.2) is 4.79 Å². The molecule has 2 aromatic rings. The van der Waals surface area contributed by atoms with E-state index in [1.807, 2.05) is 12.1 Å². The Bertz CT molecular complexity index is 783. The van der Waals surface area contributed by atoms with E-state index < -0.39 is 0 Å². The molecule has 1 aliphatic heterocycles. The third-order valence-electron chi connectivity index (χ3n) is 5.14. The van der Waals surface area contributed by atoms with Crippen molar-refractivity contribution < 1.29 is 4.42 Å². The van der Waals surface area contributed by atoms with Gasteiger partial charge in [0.25, 0.3) is 0 Å². The Morgan fingerprint density at radius 1 is 1.33 bits per heavy atom. The van der Waals surface area contributed by atoms with E-state index in [0.717, 1.165) is 37.0 Å². The second-order valence-electron chi connectivity index (χ2n) is 7.75. The fourth-order valence-electron chi connectivity index (χ4n) is 4.02. The highest BCUT2D eigenvalue weighted by molar-refractivity contribution is 5.80. The molecule has 0 radical (unpaired) electrons. The summed E-state index contributed by atoms with van der Waals surface area (Å²) >= 11 is 0. The van der Waals surface area contributed by atoms with Crippen molar-refractivity contribution in [1.29, 1.82) is 0 Å². The number of hydrogen-bond donors (Lipinski definition) is 0. The largest absolute Gasteiger partial charge is 0.423 e. The van der Waals surface area contributed by atoms with Gasteiger partial charge < -0.3 is 14.2 Å². The summed E-state index contributed by atoms with van der Waals surface area (Å²) in [7, 11) is 4.33. The fourth-order valence-corrected chi connectivity index (χ4v) is 4.02. The zero-order chi connectivity index (χ0) is 17.3. The molecule has 0 spiro atoms. The molecule has 1 saturated heterocycles. The first-order chi connectivity index (χ1) is 11.4. The molecule has 3 rings (SSSR count). The number of hydrogen-bond acceptors (Lipinski definition) is 4. The van der Waals surface area contributed by atoms with E-state index in [9.17, 15) is 4.79 Å². The molecule has 1 atom stereocenters. The van der Waals surface area contributed by atoms with Crippen molar-refractivity contribution in [1.82, 2.24) is 9.80 Å². The van der Waals surface area contributed by atoms with Crippen LogP contribution in [0.5, 0.6) is 0 Å². The molecule has 0 saturated carbocycles. The lowest BCUT2D eigenvalue weighted by atomic mass is 9.89. The highest BCUT2D eigenvalue weighted by Gasteiger charge is 2.32. The lowest BCUT2D eigenvalue weighted by Gasteiger charge is -2.30. The Balaban J connectivity index is 1.84. The average molecular weight is 328 g/mol. The second kappa shape index (κ2) is 6.69. The molecule has 1 unspecified atom stereocenters. The smallest absolute Gasteiger partial charge is 0.336 e. The van der Waals surface area contributed by atoms with Crippen molar-refractivity contribution in [3.63, 3.8) is 0 Å². The van der Waals surface area contributed by atoms with Gasteiger partial charge in [0.1, 0.15) is 5.58 Å². The van der Waals surface area contributed by atoms with Gasteiger partial charge in [-0.1, -0.05) is 19.9 Å². The molecular weight excluding hydrogens is 300 g/mol. The predicted molar refractivity (Wildman–Crippen MR) is 98.4 cm³/mol. The fraction of sp³-hybridized carbons (Fsp3) is 0.550. The standard InChI is InChI=1S/C20H28N2O2/c1-5-15-6-7-18-17(10-15)16(11-19(23)24-18)12-22(4)14-20(2)8-9-21(3)13-20/h6-7,10-11H,5,8-9,12-14H2,1-4H3. The molecule has 24 heavy (non-hydrogen) atoms. The van der Waals surface area contributed by atoms with Gasteiger partial charge in [0, 0.05) is 31.1 Å². The first kappa shape index (κ1) is 17.2. The number of rotatable bonds is 5. The van der Waals surface area contributed by atoms with Crippen molar-refractivity contribution in [2.45, 2.75) is 33.2 Å². The Morgan fingerprint density at radius 2 is 2.12 bits per heavy atom. The van der Waals surface area contributed by atoms with Gasteiger partial charge in [-0.15, -0.1) is 0 Å². The van der Waals surface area contributed by atoms with Gasteiger partial charge >= 0.3 is 5.63 Å². The molecule has 130 valence electrons. The first-order valence-corrected chi connectivity index (χ1v) is 8.81. The highest BCUT2D eigenvalue weighted by atomic mass is 16.4. The normalized spacial score (nSPS) is 21.9. The van der Waals surface area contributed by atoms with Crippen LogP contribution in [0.4, 0.5) is 0 Å². The zero-order valence-corrected chi connectivity index (χ0v) is 15.3. The molecule has 4 heteroatoms. The minimum Gasteiger partial charge on any atom is -0.423 e. The van der Waals surface area contributed by atoms with E-state index in [-0.39, 0.29) is 5.63 Å². The topological polar surface area (TPSA) is 36.7 Å². The quantitative estimate of drug-likeness (QED) is 0.790. The summed E-state index contributed by atoms with van der Waals surface area (Å²) in [5.74, 6) is 0. The molecule has 0 N–H and O–H groups in total. The van der Waals surface area contributed by atoms with Gasteiger partial charge in [-0.2, -0.15) is 0 Å². The molecule has 0 bridgehead atoms. The number of benzene rings is 1. The molecule has 1 fully saturated rings. The zero-order valence-electron chi connectivity index (χ0n) is 15.3. The number of likely N-dealkylation sites (tertiary alicyclic amines) is 1. The van der Waals surface area contributed by atoms with Crippen LogP contribution in [0.3, 0.4) is 0 Å². The SMILES string of the molecule is CCc1ccc2oc(=O)cc(CN(C)CC3(C)CCN(C)C3)c2c1. The van der Waals surface area contributed by atoms with Crippen LogP contribution < -0.4 is 5.63 Å². The van der Waals surface area contributed by atoms with Crippen LogP contribution in [0.25, 0.3) is 11.0 Å². The van der Waals surface area contributed by atoms with Gasteiger partial charge in [-0.3, -0.25) is 0 Å². The lowest BCUT2D eigenvalue weighted by molar-refractivity contribution is 0.190. The van der Waals surface area contributed by atoms with E-state index in [2.05, 4.69) is 43.8 Å². The maximum atomic E-state index is 11.9. The summed E-state index contributed by atoms with van der Waals surface area (Å²) < 4.78 is 5.37. The summed E-state index contributed by atoms with van der Waals surface area (Å²) in [6.45, 7) is 8.61. The third-order valence-corrected chi connectivity index (χ3v) is 5.14.